The highest BCUT2D eigenvalue weighted by atomic mass is 127. The number of hydrogen-bond donors (Lipinski definition) is 0. The number of halogens is 4. The zero-order valence-electron chi connectivity index (χ0n) is 12.2. The molecule has 0 aliphatic carbocycles. The molecule has 0 bridgehead atoms. The lowest BCUT2D eigenvalue weighted by molar-refractivity contribution is -0.155. The molecule has 2 aromatic rings. The van der Waals surface area contributed by atoms with E-state index in [4.69, 9.17) is 4.74 Å². The predicted octanol–water partition coefficient (Wildman–Crippen LogP) is 4.00. The van der Waals surface area contributed by atoms with Crippen LogP contribution < -0.4 is 0 Å². The van der Waals surface area contributed by atoms with Crippen LogP contribution in [0.4, 0.5) is 13.2 Å². The minimum atomic E-state index is -4.41. The maximum absolute atomic E-state index is 12.7. The van der Waals surface area contributed by atoms with Gasteiger partial charge in [0.05, 0.1) is 11.1 Å². The molecule has 0 aliphatic heterocycles. The number of rotatable bonds is 2. The van der Waals surface area contributed by atoms with Gasteiger partial charge in [0, 0.05) is 5.39 Å². The lowest BCUT2D eigenvalue weighted by Gasteiger charge is -2.19. The van der Waals surface area contributed by atoms with E-state index in [-0.39, 0.29) is 6.54 Å². The summed E-state index contributed by atoms with van der Waals surface area (Å²) in [5.41, 5.74) is -0.908. The third-order valence-corrected chi connectivity index (χ3v) is 3.53. The maximum atomic E-state index is 12.7. The van der Waals surface area contributed by atoms with Crippen molar-refractivity contribution in [2.45, 2.75) is 39.1 Å². The van der Waals surface area contributed by atoms with E-state index in [0.717, 1.165) is 12.1 Å². The highest BCUT2D eigenvalue weighted by molar-refractivity contribution is 14.1. The summed E-state index contributed by atoms with van der Waals surface area (Å²) in [7, 11) is 0. The van der Waals surface area contributed by atoms with E-state index in [9.17, 15) is 18.0 Å². The second-order valence-electron chi connectivity index (χ2n) is 5.76. The number of fused-ring (bicyclic) bond motifs is 1. The summed E-state index contributed by atoms with van der Waals surface area (Å²) in [6, 6.07) is 3.33. The van der Waals surface area contributed by atoms with Crippen molar-refractivity contribution in [3.63, 3.8) is 0 Å². The number of ether oxygens (including phenoxy) is 1. The van der Waals surface area contributed by atoms with Crippen LogP contribution in [0.1, 0.15) is 26.3 Å². The lowest BCUT2D eigenvalue weighted by Crippen LogP contribution is -2.26. The molecule has 120 valence electrons. The van der Waals surface area contributed by atoms with Gasteiger partial charge >= 0.3 is 12.1 Å². The van der Waals surface area contributed by atoms with Crippen LogP contribution in [0.15, 0.2) is 18.2 Å². The number of alkyl halides is 3. The topological polar surface area (TPSA) is 44.1 Å². The number of carbonyl (C=O) groups is 1. The van der Waals surface area contributed by atoms with E-state index < -0.39 is 23.3 Å². The number of hydrogen-bond acceptors (Lipinski definition) is 3. The Morgan fingerprint density at radius 3 is 2.50 bits per heavy atom. The van der Waals surface area contributed by atoms with Crippen LogP contribution in [0.2, 0.25) is 0 Å². The predicted molar refractivity (Wildman–Crippen MR) is 83.3 cm³/mol. The molecule has 1 heterocycles. The van der Waals surface area contributed by atoms with Crippen LogP contribution in [-0.2, 0) is 22.3 Å². The number of esters is 1. The van der Waals surface area contributed by atoms with Gasteiger partial charge in [0.15, 0.2) is 0 Å². The Kier molecular flexibility index (Phi) is 4.42. The molecule has 0 unspecified atom stereocenters. The van der Waals surface area contributed by atoms with Crippen molar-refractivity contribution < 1.29 is 22.7 Å². The molecule has 2 rings (SSSR count). The average Bonchev–Trinajstić information content (AvgIpc) is 2.62. The Morgan fingerprint density at radius 2 is 1.95 bits per heavy atom. The van der Waals surface area contributed by atoms with Crippen LogP contribution in [0.25, 0.3) is 10.9 Å². The fourth-order valence-corrected chi connectivity index (χ4v) is 2.63. The van der Waals surface area contributed by atoms with Crippen molar-refractivity contribution in [1.82, 2.24) is 9.78 Å². The highest BCUT2D eigenvalue weighted by Crippen LogP contribution is 2.32. The van der Waals surface area contributed by atoms with E-state index in [1.807, 2.05) is 22.6 Å². The van der Waals surface area contributed by atoms with Gasteiger partial charge in [-0.05, 0) is 61.6 Å². The molecule has 0 fully saturated rings. The van der Waals surface area contributed by atoms with Gasteiger partial charge in [0.25, 0.3) is 0 Å². The standard InChI is InChI=1S/C14H14F3IN2O2/c1-13(2,3)22-11(21)7-20-10-5-4-8(14(15,16)17)6-9(10)12(18)19-20/h4-6H,7H2,1-3H3. The van der Waals surface area contributed by atoms with Crippen molar-refractivity contribution in [3.05, 3.63) is 27.5 Å². The van der Waals surface area contributed by atoms with Gasteiger partial charge < -0.3 is 4.74 Å². The largest absolute Gasteiger partial charge is 0.459 e. The van der Waals surface area contributed by atoms with E-state index >= 15 is 0 Å². The van der Waals surface area contributed by atoms with E-state index in [0.29, 0.717) is 14.6 Å². The van der Waals surface area contributed by atoms with Gasteiger partial charge in [0.2, 0.25) is 0 Å². The summed E-state index contributed by atoms with van der Waals surface area (Å²) in [6.45, 7) is 5.07. The van der Waals surface area contributed by atoms with Crippen LogP contribution in [0, 0.1) is 3.70 Å². The molecule has 0 aliphatic rings. The molecule has 0 radical (unpaired) electrons. The van der Waals surface area contributed by atoms with Crippen LogP contribution in [-0.4, -0.2) is 21.4 Å². The Balaban J connectivity index is 2.35. The minimum absolute atomic E-state index is 0.151. The van der Waals surface area contributed by atoms with Crippen molar-refractivity contribution in [2.75, 3.05) is 0 Å². The smallest absolute Gasteiger partial charge is 0.416 e. The SMILES string of the molecule is CC(C)(C)OC(=O)Cn1nc(I)c2cc(C(F)(F)F)ccc21. The Hall–Kier alpha value is -1.32. The third-order valence-electron chi connectivity index (χ3n) is 2.73. The summed E-state index contributed by atoms with van der Waals surface area (Å²) in [6.07, 6.45) is -4.41. The summed E-state index contributed by atoms with van der Waals surface area (Å²) < 4.78 is 45.2. The number of aromatic nitrogens is 2. The first-order valence-electron chi connectivity index (χ1n) is 6.42. The van der Waals surface area contributed by atoms with Gasteiger partial charge in [-0.1, -0.05) is 0 Å². The zero-order chi connectivity index (χ0) is 16.7. The molecule has 0 N–H and O–H groups in total. The molecule has 0 spiro atoms. The van der Waals surface area contributed by atoms with Crippen LogP contribution >= 0.6 is 22.6 Å². The molecule has 0 saturated carbocycles. The molecular weight excluding hydrogens is 412 g/mol. The summed E-state index contributed by atoms with van der Waals surface area (Å²) >= 11 is 1.85. The maximum Gasteiger partial charge on any atom is 0.416 e. The third kappa shape index (κ3) is 3.90. The molecule has 0 atom stereocenters. The monoisotopic (exact) mass is 426 g/mol. The van der Waals surface area contributed by atoms with Crippen LogP contribution in [0.5, 0.6) is 0 Å². The summed E-state index contributed by atoms with van der Waals surface area (Å²) in [5.74, 6) is -0.492. The Labute approximate surface area is 138 Å². The second kappa shape index (κ2) is 5.71. The molecule has 4 nitrogen and oxygen atoms in total. The fourth-order valence-electron chi connectivity index (χ4n) is 1.93. The van der Waals surface area contributed by atoms with Gasteiger partial charge in [-0.3, -0.25) is 9.48 Å². The number of nitrogens with zero attached hydrogens (tertiary/aromatic N) is 2. The Morgan fingerprint density at radius 1 is 1.32 bits per heavy atom. The van der Waals surface area contributed by atoms with Crippen molar-refractivity contribution >= 4 is 39.5 Å². The van der Waals surface area contributed by atoms with E-state index in [1.165, 1.54) is 10.7 Å². The first kappa shape index (κ1) is 17.0. The fraction of sp³-hybridized carbons (Fsp3) is 0.429. The number of benzene rings is 1. The Bertz CT molecular complexity index is 717. The molecule has 8 heteroatoms. The highest BCUT2D eigenvalue weighted by Gasteiger charge is 2.31. The molecule has 0 amide bonds. The first-order valence-corrected chi connectivity index (χ1v) is 7.50. The van der Waals surface area contributed by atoms with Gasteiger partial charge in [-0.15, -0.1) is 0 Å². The number of carbonyl (C=O) groups excluding carboxylic acids is 1. The van der Waals surface area contributed by atoms with Crippen LogP contribution in [0.3, 0.4) is 0 Å². The zero-order valence-corrected chi connectivity index (χ0v) is 14.3. The molecule has 0 saturated heterocycles. The van der Waals surface area contributed by atoms with Crippen molar-refractivity contribution in [2.24, 2.45) is 0 Å². The van der Waals surface area contributed by atoms with E-state index in [2.05, 4.69) is 5.10 Å². The van der Waals surface area contributed by atoms with Crippen molar-refractivity contribution in [1.29, 1.82) is 0 Å². The molecule has 22 heavy (non-hydrogen) atoms. The minimum Gasteiger partial charge on any atom is -0.459 e. The van der Waals surface area contributed by atoms with Gasteiger partial charge in [-0.2, -0.15) is 18.3 Å². The van der Waals surface area contributed by atoms with Gasteiger partial charge in [0.1, 0.15) is 15.8 Å². The quantitative estimate of drug-likeness (QED) is 0.539. The van der Waals surface area contributed by atoms with E-state index in [1.54, 1.807) is 20.8 Å². The summed E-state index contributed by atoms with van der Waals surface area (Å²) in [4.78, 5) is 11.8. The van der Waals surface area contributed by atoms with Gasteiger partial charge in [-0.25, -0.2) is 0 Å². The lowest BCUT2D eigenvalue weighted by atomic mass is 10.1. The first-order chi connectivity index (χ1) is 9.97. The molecular formula is C14H14F3IN2O2. The van der Waals surface area contributed by atoms with Crippen molar-refractivity contribution in [3.8, 4) is 0 Å². The second-order valence-corrected chi connectivity index (χ2v) is 6.79. The molecule has 1 aromatic carbocycles. The average molecular weight is 426 g/mol. The normalized spacial score (nSPS) is 12.7. The summed E-state index contributed by atoms with van der Waals surface area (Å²) in [5, 5.41) is 4.48. The molecule has 1 aromatic heterocycles.